The standard InChI is InChI=1S/C11H10FNO/c1-8-5-9(7-10(12)6-8)3-2-4-11(13)14/h5-7H,4H2,1H3,(H2,13,14). The lowest BCUT2D eigenvalue weighted by Crippen LogP contribution is -2.08. The first kappa shape index (κ1) is 10.3. The Kier molecular flexibility index (Phi) is 3.24. The fourth-order valence-electron chi connectivity index (χ4n) is 1.04. The largest absolute Gasteiger partial charge is 0.369 e. The lowest BCUT2D eigenvalue weighted by Gasteiger charge is -1.94. The quantitative estimate of drug-likeness (QED) is 0.669. The number of rotatable bonds is 1. The molecule has 14 heavy (non-hydrogen) atoms. The Morgan fingerprint density at radius 2 is 2.21 bits per heavy atom. The third-order valence-electron chi connectivity index (χ3n) is 1.54. The highest BCUT2D eigenvalue weighted by Crippen LogP contribution is 2.06. The second-order valence-corrected chi connectivity index (χ2v) is 2.96. The molecule has 1 rings (SSSR count). The van der Waals surface area contributed by atoms with E-state index in [4.69, 9.17) is 5.73 Å². The van der Waals surface area contributed by atoms with Crippen LogP contribution in [0.4, 0.5) is 4.39 Å². The van der Waals surface area contributed by atoms with Gasteiger partial charge in [0.1, 0.15) is 5.82 Å². The number of benzene rings is 1. The van der Waals surface area contributed by atoms with E-state index in [0.29, 0.717) is 5.56 Å². The first-order chi connectivity index (χ1) is 6.58. The summed E-state index contributed by atoms with van der Waals surface area (Å²) in [6.45, 7) is 1.78. The predicted octanol–water partition coefficient (Wildman–Crippen LogP) is 1.36. The molecule has 0 saturated carbocycles. The Hall–Kier alpha value is -1.82. The monoisotopic (exact) mass is 191 g/mol. The van der Waals surface area contributed by atoms with Gasteiger partial charge in [-0.2, -0.15) is 0 Å². The third-order valence-corrected chi connectivity index (χ3v) is 1.54. The molecular formula is C11H10FNO. The normalized spacial score (nSPS) is 9.00. The predicted molar refractivity (Wildman–Crippen MR) is 51.8 cm³/mol. The van der Waals surface area contributed by atoms with Crippen LogP contribution in [0.3, 0.4) is 0 Å². The molecule has 0 radical (unpaired) electrons. The van der Waals surface area contributed by atoms with Crippen LogP contribution in [0.2, 0.25) is 0 Å². The molecule has 0 heterocycles. The highest BCUT2D eigenvalue weighted by atomic mass is 19.1. The van der Waals surface area contributed by atoms with Crippen LogP contribution in [0.25, 0.3) is 0 Å². The Labute approximate surface area is 81.9 Å². The fourth-order valence-corrected chi connectivity index (χ4v) is 1.04. The van der Waals surface area contributed by atoms with E-state index < -0.39 is 5.91 Å². The van der Waals surface area contributed by atoms with E-state index in [0.717, 1.165) is 5.56 Å². The summed E-state index contributed by atoms with van der Waals surface area (Å²) < 4.78 is 12.9. The van der Waals surface area contributed by atoms with Gasteiger partial charge in [-0.15, -0.1) is 0 Å². The number of hydrogen-bond acceptors (Lipinski definition) is 1. The molecule has 2 nitrogen and oxygen atoms in total. The van der Waals surface area contributed by atoms with E-state index in [1.165, 1.54) is 12.1 Å². The summed E-state index contributed by atoms with van der Waals surface area (Å²) in [6.07, 6.45) is -0.00440. The molecule has 1 amide bonds. The number of halogens is 1. The maximum atomic E-state index is 12.9. The highest BCUT2D eigenvalue weighted by molar-refractivity contribution is 5.76. The van der Waals surface area contributed by atoms with Gasteiger partial charge in [-0.1, -0.05) is 11.8 Å². The zero-order valence-electron chi connectivity index (χ0n) is 7.80. The molecule has 0 unspecified atom stereocenters. The molecule has 72 valence electrons. The molecule has 0 bridgehead atoms. The highest BCUT2D eigenvalue weighted by Gasteiger charge is 1.94. The Balaban J connectivity index is 2.84. The molecule has 0 saturated heterocycles. The number of aryl methyl sites for hydroxylation is 1. The summed E-state index contributed by atoms with van der Waals surface area (Å²) in [7, 11) is 0. The van der Waals surface area contributed by atoms with Crippen molar-refractivity contribution in [3.8, 4) is 11.8 Å². The smallest absolute Gasteiger partial charge is 0.229 e. The molecule has 0 aliphatic carbocycles. The average Bonchev–Trinajstić information content (AvgIpc) is 2.01. The third kappa shape index (κ3) is 3.28. The molecule has 0 aliphatic heterocycles. The summed E-state index contributed by atoms with van der Waals surface area (Å²) >= 11 is 0. The Morgan fingerprint density at radius 3 is 2.79 bits per heavy atom. The van der Waals surface area contributed by atoms with Crippen LogP contribution < -0.4 is 5.73 Å². The molecule has 0 fully saturated rings. The first-order valence-corrected chi connectivity index (χ1v) is 4.12. The molecule has 2 N–H and O–H groups in total. The van der Waals surface area contributed by atoms with Crippen molar-refractivity contribution < 1.29 is 9.18 Å². The van der Waals surface area contributed by atoms with Crippen molar-refractivity contribution >= 4 is 5.91 Å². The number of primary amides is 1. The van der Waals surface area contributed by atoms with Crippen LogP contribution in [0, 0.1) is 24.6 Å². The van der Waals surface area contributed by atoms with Crippen LogP contribution in [0.15, 0.2) is 18.2 Å². The zero-order chi connectivity index (χ0) is 10.6. The summed E-state index contributed by atoms with van der Waals surface area (Å²) in [5.74, 6) is 4.42. The van der Waals surface area contributed by atoms with Crippen LogP contribution in [-0.2, 0) is 4.79 Å². The van der Waals surface area contributed by atoms with Crippen LogP contribution in [0.5, 0.6) is 0 Å². The van der Waals surface area contributed by atoms with Crippen molar-refractivity contribution in [2.45, 2.75) is 13.3 Å². The number of carbonyl (C=O) groups is 1. The van der Waals surface area contributed by atoms with Gasteiger partial charge in [0.05, 0.1) is 6.42 Å². The van der Waals surface area contributed by atoms with Crippen molar-refractivity contribution in [2.75, 3.05) is 0 Å². The topological polar surface area (TPSA) is 43.1 Å². The van der Waals surface area contributed by atoms with E-state index in [9.17, 15) is 9.18 Å². The molecule has 1 aromatic carbocycles. The van der Waals surface area contributed by atoms with E-state index >= 15 is 0 Å². The molecular weight excluding hydrogens is 181 g/mol. The average molecular weight is 191 g/mol. The van der Waals surface area contributed by atoms with Gasteiger partial charge in [-0.3, -0.25) is 4.79 Å². The van der Waals surface area contributed by atoms with E-state index in [1.54, 1.807) is 13.0 Å². The van der Waals surface area contributed by atoms with E-state index in [1.807, 2.05) is 0 Å². The second kappa shape index (κ2) is 4.43. The molecule has 3 heteroatoms. The van der Waals surface area contributed by atoms with Crippen LogP contribution in [0.1, 0.15) is 17.5 Å². The van der Waals surface area contributed by atoms with Crippen molar-refractivity contribution in [1.82, 2.24) is 0 Å². The summed E-state index contributed by atoms with van der Waals surface area (Å²) in [5, 5.41) is 0. The van der Waals surface area contributed by atoms with Gasteiger partial charge in [0.15, 0.2) is 0 Å². The van der Waals surface area contributed by atoms with Gasteiger partial charge >= 0.3 is 0 Å². The number of carbonyl (C=O) groups excluding carboxylic acids is 1. The van der Waals surface area contributed by atoms with Crippen LogP contribution in [-0.4, -0.2) is 5.91 Å². The number of nitrogens with two attached hydrogens (primary N) is 1. The molecule has 0 aromatic heterocycles. The van der Waals surface area contributed by atoms with Crippen LogP contribution >= 0.6 is 0 Å². The molecule has 0 aliphatic rings. The van der Waals surface area contributed by atoms with Gasteiger partial charge in [0.2, 0.25) is 5.91 Å². The Morgan fingerprint density at radius 1 is 1.50 bits per heavy atom. The fraction of sp³-hybridized carbons (Fsp3) is 0.182. The SMILES string of the molecule is Cc1cc(F)cc(C#CCC(N)=O)c1. The van der Waals surface area contributed by atoms with E-state index in [-0.39, 0.29) is 12.2 Å². The summed E-state index contributed by atoms with van der Waals surface area (Å²) in [6, 6.07) is 4.48. The number of hydrogen-bond donors (Lipinski definition) is 1. The molecule has 0 spiro atoms. The van der Waals surface area contributed by atoms with Crippen molar-refractivity contribution in [3.63, 3.8) is 0 Å². The zero-order valence-corrected chi connectivity index (χ0v) is 7.80. The van der Waals surface area contributed by atoms with E-state index in [2.05, 4.69) is 11.8 Å². The minimum absolute atomic E-state index is 0.00440. The van der Waals surface area contributed by atoms with Gasteiger partial charge in [0.25, 0.3) is 0 Å². The van der Waals surface area contributed by atoms with Gasteiger partial charge in [0, 0.05) is 5.56 Å². The summed E-state index contributed by atoms with van der Waals surface area (Å²) in [4.78, 5) is 10.4. The number of amides is 1. The lowest BCUT2D eigenvalue weighted by atomic mass is 10.1. The minimum atomic E-state index is -0.481. The summed E-state index contributed by atoms with van der Waals surface area (Å²) in [5.41, 5.74) is 6.26. The van der Waals surface area contributed by atoms with Gasteiger partial charge < -0.3 is 5.73 Å². The van der Waals surface area contributed by atoms with Crippen molar-refractivity contribution in [3.05, 3.63) is 35.1 Å². The van der Waals surface area contributed by atoms with Gasteiger partial charge in [-0.05, 0) is 30.7 Å². The van der Waals surface area contributed by atoms with Crippen molar-refractivity contribution in [2.24, 2.45) is 5.73 Å². The molecule has 1 aromatic rings. The molecule has 0 atom stereocenters. The second-order valence-electron chi connectivity index (χ2n) is 2.96. The lowest BCUT2D eigenvalue weighted by molar-refractivity contribution is -0.117. The minimum Gasteiger partial charge on any atom is -0.369 e. The van der Waals surface area contributed by atoms with Crippen molar-refractivity contribution in [1.29, 1.82) is 0 Å². The van der Waals surface area contributed by atoms with Gasteiger partial charge in [-0.25, -0.2) is 4.39 Å². The maximum absolute atomic E-state index is 12.9. The maximum Gasteiger partial charge on any atom is 0.229 e. The first-order valence-electron chi connectivity index (χ1n) is 4.12. The Bertz CT molecular complexity index is 395.